The van der Waals surface area contributed by atoms with Crippen molar-refractivity contribution in [3.63, 3.8) is 0 Å². The number of likely N-dealkylation sites (tertiary alicyclic amines) is 1. The van der Waals surface area contributed by atoms with E-state index in [0.29, 0.717) is 11.5 Å². The highest BCUT2D eigenvalue weighted by molar-refractivity contribution is 7.09. The molecule has 0 unspecified atom stereocenters. The lowest BCUT2D eigenvalue weighted by Crippen LogP contribution is -2.38. The minimum atomic E-state index is 0.118. The van der Waals surface area contributed by atoms with Gasteiger partial charge in [0, 0.05) is 30.4 Å². The van der Waals surface area contributed by atoms with E-state index in [4.69, 9.17) is 0 Å². The van der Waals surface area contributed by atoms with E-state index in [1.165, 1.54) is 4.88 Å². The number of carbonyl (C=O) groups excluding carboxylic acids is 1. The summed E-state index contributed by atoms with van der Waals surface area (Å²) < 4.78 is 0. The monoisotopic (exact) mass is 286 g/mol. The Morgan fingerprint density at radius 1 is 1.30 bits per heavy atom. The third kappa shape index (κ3) is 3.07. The maximum absolute atomic E-state index is 12.3. The minimum Gasteiger partial charge on any atom is -0.339 e. The third-order valence-corrected chi connectivity index (χ3v) is 4.78. The summed E-state index contributed by atoms with van der Waals surface area (Å²) in [6.07, 6.45) is 6.71. The van der Waals surface area contributed by atoms with Crippen LogP contribution < -0.4 is 0 Å². The number of piperidine rings is 1. The smallest absolute Gasteiger partial charge is 0.255 e. The first kappa shape index (κ1) is 13.3. The van der Waals surface area contributed by atoms with Crippen LogP contribution in [0.3, 0.4) is 0 Å². The van der Waals surface area contributed by atoms with Gasteiger partial charge in [-0.2, -0.15) is 0 Å². The second-order valence-electron chi connectivity index (χ2n) is 5.26. The number of rotatable bonds is 3. The molecule has 20 heavy (non-hydrogen) atoms. The Hall–Kier alpha value is -1.68. The van der Waals surface area contributed by atoms with Gasteiger partial charge in [-0.1, -0.05) is 6.07 Å². The summed E-state index contributed by atoms with van der Waals surface area (Å²) in [5.41, 5.74) is 0.698. The SMILES string of the molecule is O=C(c1cccnc1)N1CCC(Cc2cccs2)CC1. The van der Waals surface area contributed by atoms with Crippen molar-refractivity contribution in [3.05, 3.63) is 52.5 Å². The maximum atomic E-state index is 12.3. The second-order valence-corrected chi connectivity index (χ2v) is 6.29. The molecular weight excluding hydrogens is 268 g/mol. The molecule has 104 valence electrons. The quantitative estimate of drug-likeness (QED) is 0.868. The molecule has 0 radical (unpaired) electrons. The molecule has 0 aromatic carbocycles. The van der Waals surface area contributed by atoms with Gasteiger partial charge in [-0.3, -0.25) is 9.78 Å². The molecule has 3 rings (SSSR count). The zero-order valence-electron chi connectivity index (χ0n) is 11.4. The van der Waals surface area contributed by atoms with Gasteiger partial charge < -0.3 is 4.90 Å². The molecule has 1 fully saturated rings. The summed E-state index contributed by atoms with van der Waals surface area (Å²) in [5, 5.41) is 2.14. The van der Waals surface area contributed by atoms with Gasteiger partial charge in [0.1, 0.15) is 0 Å². The van der Waals surface area contributed by atoms with E-state index in [1.807, 2.05) is 28.4 Å². The van der Waals surface area contributed by atoms with Gasteiger partial charge in [-0.15, -0.1) is 11.3 Å². The van der Waals surface area contributed by atoms with Crippen LogP contribution in [0.25, 0.3) is 0 Å². The highest BCUT2D eigenvalue weighted by Gasteiger charge is 2.23. The van der Waals surface area contributed by atoms with Crippen molar-refractivity contribution < 1.29 is 4.79 Å². The molecule has 1 aliphatic heterocycles. The molecule has 1 aliphatic rings. The average molecular weight is 286 g/mol. The van der Waals surface area contributed by atoms with Crippen LogP contribution in [0.4, 0.5) is 0 Å². The van der Waals surface area contributed by atoms with Crippen molar-refractivity contribution in [2.24, 2.45) is 5.92 Å². The number of aromatic nitrogens is 1. The fourth-order valence-corrected chi connectivity index (χ4v) is 3.55. The normalized spacial score (nSPS) is 16.3. The number of hydrogen-bond acceptors (Lipinski definition) is 3. The van der Waals surface area contributed by atoms with Crippen LogP contribution in [-0.4, -0.2) is 28.9 Å². The molecule has 0 spiro atoms. The van der Waals surface area contributed by atoms with Crippen LogP contribution in [-0.2, 0) is 6.42 Å². The number of hydrogen-bond donors (Lipinski definition) is 0. The van der Waals surface area contributed by atoms with E-state index in [2.05, 4.69) is 22.5 Å². The summed E-state index contributed by atoms with van der Waals surface area (Å²) >= 11 is 1.83. The zero-order chi connectivity index (χ0) is 13.8. The molecule has 0 saturated carbocycles. The average Bonchev–Trinajstić information content (AvgIpc) is 3.01. The second kappa shape index (κ2) is 6.18. The first-order chi connectivity index (χ1) is 9.83. The van der Waals surface area contributed by atoms with Crippen molar-refractivity contribution in [2.75, 3.05) is 13.1 Å². The van der Waals surface area contributed by atoms with Crippen LogP contribution >= 0.6 is 11.3 Å². The summed E-state index contributed by atoms with van der Waals surface area (Å²) in [4.78, 5) is 19.8. The molecule has 1 amide bonds. The van der Waals surface area contributed by atoms with Gasteiger partial charge in [-0.25, -0.2) is 0 Å². The van der Waals surface area contributed by atoms with Crippen LogP contribution in [0, 0.1) is 5.92 Å². The number of nitrogens with zero attached hydrogens (tertiary/aromatic N) is 2. The molecule has 0 bridgehead atoms. The van der Waals surface area contributed by atoms with Gasteiger partial charge in [0.15, 0.2) is 0 Å². The molecule has 0 aliphatic carbocycles. The number of carbonyl (C=O) groups is 1. The van der Waals surface area contributed by atoms with Gasteiger partial charge in [0.2, 0.25) is 0 Å². The van der Waals surface area contributed by atoms with Crippen molar-refractivity contribution in [1.82, 2.24) is 9.88 Å². The Balaban J connectivity index is 1.55. The lowest BCUT2D eigenvalue weighted by molar-refractivity contribution is 0.0690. The third-order valence-electron chi connectivity index (χ3n) is 3.88. The molecule has 1 saturated heterocycles. The highest BCUT2D eigenvalue weighted by atomic mass is 32.1. The van der Waals surface area contributed by atoms with Crippen molar-refractivity contribution in [1.29, 1.82) is 0 Å². The van der Waals surface area contributed by atoms with Gasteiger partial charge >= 0.3 is 0 Å². The molecule has 3 nitrogen and oxygen atoms in total. The Morgan fingerprint density at radius 3 is 2.80 bits per heavy atom. The number of amides is 1. The fraction of sp³-hybridized carbons (Fsp3) is 0.375. The molecule has 2 aromatic heterocycles. The van der Waals surface area contributed by atoms with E-state index in [1.54, 1.807) is 12.4 Å². The molecule has 0 atom stereocenters. The molecular formula is C16H18N2OS. The number of pyridine rings is 1. The lowest BCUT2D eigenvalue weighted by atomic mass is 9.92. The summed E-state index contributed by atoms with van der Waals surface area (Å²) in [6.45, 7) is 1.73. The van der Waals surface area contributed by atoms with E-state index >= 15 is 0 Å². The first-order valence-corrected chi connectivity index (χ1v) is 7.92. The largest absolute Gasteiger partial charge is 0.339 e. The standard InChI is InChI=1S/C16H18N2OS/c19-16(14-3-1-7-17-12-14)18-8-5-13(6-9-18)11-15-4-2-10-20-15/h1-4,7,10,12-13H,5-6,8-9,11H2. The topological polar surface area (TPSA) is 33.2 Å². The lowest BCUT2D eigenvalue weighted by Gasteiger charge is -2.31. The molecule has 4 heteroatoms. The van der Waals surface area contributed by atoms with Gasteiger partial charge in [-0.05, 0) is 48.8 Å². The summed E-state index contributed by atoms with van der Waals surface area (Å²) in [6, 6.07) is 7.97. The van der Waals surface area contributed by atoms with Crippen molar-refractivity contribution >= 4 is 17.2 Å². The minimum absolute atomic E-state index is 0.118. The fourth-order valence-electron chi connectivity index (χ4n) is 2.73. The highest BCUT2D eigenvalue weighted by Crippen LogP contribution is 2.24. The van der Waals surface area contributed by atoms with Crippen molar-refractivity contribution in [3.8, 4) is 0 Å². The Kier molecular flexibility index (Phi) is 4.11. The summed E-state index contributed by atoms with van der Waals surface area (Å²) in [5.74, 6) is 0.833. The Bertz CT molecular complexity index is 545. The van der Waals surface area contributed by atoms with Gasteiger partial charge in [0.25, 0.3) is 5.91 Å². The zero-order valence-corrected chi connectivity index (χ0v) is 12.2. The van der Waals surface area contributed by atoms with Gasteiger partial charge in [0.05, 0.1) is 5.56 Å². The van der Waals surface area contributed by atoms with Crippen LogP contribution in [0.2, 0.25) is 0 Å². The van der Waals surface area contributed by atoms with E-state index < -0.39 is 0 Å². The van der Waals surface area contributed by atoms with Crippen LogP contribution in [0.15, 0.2) is 42.0 Å². The summed E-state index contributed by atoms with van der Waals surface area (Å²) in [7, 11) is 0. The van der Waals surface area contributed by atoms with E-state index in [9.17, 15) is 4.79 Å². The predicted octanol–water partition coefficient (Wildman–Crippen LogP) is 3.24. The first-order valence-electron chi connectivity index (χ1n) is 7.04. The molecule has 3 heterocycles. The van der Waals surface area contributed by atoms with Crippen LogP contribution in [0.1, 0.15) is 28.1 Å². The molecule has 2 aromatic rings. The van der Waals surface area contributed by atoms with E-state index in [-0.39, 0.29) is 5.91 Å². The number of thiophene rings is 1. The predicted molar refractivity (Wildman–Crippen MR) is 80.9 cm³/mol. The van der Waals surface area contributed by atoms with E-state index in [0.717, 1.165) is 32.4 Å². The Labute approximate surface area is 123 Å². The maximum Gasteiger partial charge on any atom is 0.255 e. The van der Waals surface area contributed by atoms with Crippen LogP contribution in [0.5, 0.6) is 0 Å². The Morgan fingerprint density at radius 2 is 2.15 bits per heavy atom. The molecule has 0 N–H and O–H groups in total. The van der Waals surface area contributed by atoms with Crippen molar-refractivity contribution in [2.45, 2.75) is 19.3 Å².